The Hall–Kier alpha value is -1.09. The number of rotatable bonds is 5. The Balaban J connectivity index is 2.58. The van der Waals surface area contributed by atoms with Crippen molar-refractivity contribution in [3.63, 3.8) is 0 Å². The lowest BCUT2D eigenvalue weighted by molar-refractivity contribution is -0.384. The van der Waals surface area contributed by atoms with Crippen molar-refractivity contribution in [3.05, 3.63) is 39.9 Å². The highest BCUT2D eigenvalue weighted by Crippen LogP contribution is 2.18. The summed E-state index contributed by atoms with van der Waals surface area (Å²) in [4.78, 5) is 10.1. The van der Waals surface area contributed by atoms with Gasteiger partial charge in [-0.15, -0.1) is 11.6 Å². The van der Waals surface area contributed by atoms with Crippen molar-refractivity contribution in [1.29, 1.82) is 0 Å². The van der Waals surface area contributed by atoms with Crippen LogP contribution in [0.25, 0.3) is 0 Å². The molecule has 0 bridgehead atoms. The average molecular weight is 242 g/mol. The minimum absolute atomic E-state index is 0.0986. The quantitative estimate of drug-likeness (QED) is 0.447. The van der Waals surface area contributed by atoms with E-state index in [0.717, 1.165) is 18.4 Å². The number of alkyl halides is 1. The maximum atomic E-state index is 10.5. The molecule has 0 amide bonds. The molecule has 1 aromatic rings. The maximum Gasteiger partial charge on any atom is 0.269 e. The summed E-state index contributed by atoms with van der Waals surface area (Å²) >= 11 is 6.18. The zero-order valence-corrected chi connectivity index (χ0v) is 10.3. The lowest BCUT2D eigenvalue weighted by Gasteiger charge is -2.11. The fourth-order valence-corrected chi connectivity index (χ4v) is 2.14. The largest absolute Gasteiger partial charge is 0.269 e. The maximum absolute atomic E-state index is 10.5. The van der Waals surface area contributed by atoms with E-state index < -0.39 is 4.92 Å². The second-order valence-electron chi connectivity index (χ2n) is 4.35. The van der Waals surface area contributed by atoms with Crippen LogP contribution in [-0.4, -0.2) is 10.3 Å². The molecule has 0 aromatic heterocycles. The summed E-state index contributed by atoms with van der Waals surface area (Å²) in [6.07, 6.45) is 1.72. The lowest BCUT2D eigenvalue weighted by atomic mass is 10.0. The third-order valence-electron chi connectivity index (χ3n) is 2.33. The highest BCUT2D eigenvalue weighted by atomic mass is 35.5. The van der Waals surface area contributed by atoms with Gasteiger partial charge in [-0.3, -0.25) is 10.1 Å². The molecule has 0 spiro atoms. The molecule has 0 saturated carbocycles. The number of halogens is 1. The van der Waals surface area contributed by atoms with Gasteiger partial charge in [-0.2, -0.15) is 0 Å². The van der Waals surface area contributed by atoms with Crippen molar-refractivity contribution in [1.82, 2.24) is 0 Å². The number of hydrogen-bond acceptors (Lipinski definition) is 2. The molecule has 0 saturated heterocycles. The van der Waals surface area contributed by atoms with Crippen LogP contribution in [0.3, 0.4) is 0 Å². The average Bonchev–Trinajstić information content (AvgIpc) is 2.16. The Labute approximate surface area is 101 Å². The summed E-state index contributed by atoms with van der Waals surface area (Å²) < 4.78 is 0. The van der Waals surface area contributed by atoms with Gasteiger partial charge in [0, 0.05) is 17.5 Å². The van der Waals surface area contributed by atoms with Crippen molar-refractivity contribution in [2.75, 3.05) is 0 Å². The van der Waals surface area contributed by atoms with Crippen LogP contribution in [0.4, 0.5) is 5.69 Å². The number of non-ortho nitro benzene ring substituents is 1. The number of benzene rings is 1. The minimum atomic E-state index is -0.393. The molecule has 88 valence electrons. The first kappa shape index (κ1) is 13.0. The highest BCUT2D eigenvalue weighted by molar-refractivity contribution is 6.20. The van der Waals surface area contributed by atoms with Gasteiger partial charge in [0.1, 0.15) is 0 Å². The van der Waals surface area contributed by atoms with Gasteiger partial charge in [-0.25, -0.2) is 0 Å². The SMILES string of the molecule is CC(C)CC(Cl)Cc1ccc([N+](=O)[O-])cc1. The first-order valence-corrected chi connectivity index (χ1v) is 5.80. The number of nitrogens with zero attached hydrogens (tertiary/aromatic N) is 1. The van der Waals surface area contributed by atoms with E-state index in [1.54, 1.807) is 12.1 Å². The van der Waals surface area contributed by atoms with Crippen LogP contribution in [0.15, 0.2) is 24.3 Å². The summed E-state index contributed by atoms with van der Waals surface area (Å²) in [6, 6.07) is 6.59. The number of hydrogen-bond donors (Lipinski definition) is 0. The van der Waals surface area contributed by atoms with E-state index >= 15 is 0 Å². The van der Waals surface area contributed by atoms with Gasteiger partial charge in [0.05, 0.1) is 4.92 Å². The normalized spacial score (nSPS) is 12.8. The monoisotopic (exact) mass is 241 g/mol. The van der Waals surface area contributed by atoms with Crippen molar-refractivity contribution >= 4 is 17.3 Å². The molecule has 1 atom stereocenters. The summed E-state index contributed by atoms with van der Waals surface area (Å²) in [5.41, 5.74) is 1.17. The molecule has 16 heavy (non-hydrogen) atoms. The van der Waals surface area contributed by atoms with Crippen LogP contribution in [0.5, 0.6) is 0 Å². The van der Waals surface area contributed by atoms with Gasteiger partial charge in [0.25, 0.3) is 5.69 Å². The first-order chi connectivity index (χ1) is 7.49. The molecular weight excluding hydrogens is 226 g/mol. The molecule has 3 nitrogen and oxygen atoms in total. The Bertz CT molecular complexity index is 349. The predicted octanol–water partition coefficient (Wildman–Crippen LogP) is 3.79. The molecule has 1 unspecified atom stereocenters. The molecule has 0 heterocycles. The van der Waals surface area contributed by atoms with E-state index in [4.69, 9.17) is 11.6 Å². The molecule has 0 aliphatic heterocycles. The zero-order valence-electron chi connectivity index (χ0n) is 9.52. The first-order valence-electron chi connectivity index (χ1n) is 5.36. The summed E-state index contributed by atoms with van der Waals surface area (Å²) in [6.45, 7) is 4.26. The standard InChI is InChI=1S/C12H16ClNO2/c1-9(2)7-11(13)8-10-3-5-12(6-4-10)14(15)16/h3-6,9,11H,7-8H2,1-2H3. The van der Waals surface area contributed by atoms with Crippen LogP contribution in [-0.2, 0) is 6.42 Å². The van der Waals surface area contributed by atoms with E-state index in [1.807, 2.05) is 0 Å². The molecular formula is C12H16ClNO2. The molecule has 0 fully saturated rings. The van der Waals surface area contributed by atoms with Crippen molar-refractivity contribution < 1.29 is 4.92 Å². The molecule has 0 radical (unpaired) electrons. The van der Waals surface area contributed by atoms with Gasteiger partial charge < -0.3 is 0 Å². The molecule has 0 aliphatic carbocycles. The molecule has 1 rings (SSSR count). The molecule has 0 N–H and O–H groups in total. The van der Waals surface area contributed by atoms with Crippen molar-refractivity contribution in [3.8, 4) is 0 Å². The van der Waals surface area contributed by atoms with E-state index in [1.165, 1.54) is 12.1 Å². The smallest absolute Gasteiger partial charge is 0.258 e. The third-order valence-corrected chi connectivity index (χ3v) is 2.66. The van der Waals surface area contributed by atoms with Gasteiger partial charge in [0.15, 0.2) is 0 Å². The van der Waals surface area contributed by atoms with Crippen LogP contribution in [0.1, 0.15) is 25.8 Å². The Morgan fingerprint density at radius 2 is 1.88 bits per heavy atom. The second kappa shape index (κ2) is 5.85. The van der Waals surface area contributed by atoms with E-state index in [2.05, 4.69) is 13.8 Å². The van der Waals surface area contributed by atoms with Crippen LogP contribution in [0, 0.1) is 16.0 Å². The van der Waals surface area contributed by atoms with Crippen molar-refractivity contribution in [2.24, 2.45) is 5.92 Å². The molecule has 4 heteroatoms. The van der Waals surface area contributed by atoms with Gasteiger partial charge in [-0.05, 0) is 24.3 Å². The van der Waals surface area contributed by atoms with Crippen molar-refractivity contribution in [2.45, 2.75) is 32.1 Å². The summed E-state index contributed by atoms with van der Waals surface area (Å²) in [5.74, 6) is 0.570. The molecule has 0 aliphatic rings. The van der Waals surface area contributed by atoms with Gasteiger partial charge >= 0.3 is 0 Å². The minimum Gasteiger partial charge on any atom is -0.258 e. The fourth-order valence-electron chi connectivity index (χ4n) is 1.60. The third kappa shape index (κ3) is 4.19. The Morgan fingerprint density at radius 3 is 2.31 bits per heavy atom. The van der Waals surface area contributed by atoms with Crippen LogP contribution in [0.2, 0.25) is 0 Å². The zero-order chi connectivity index (χ0) is 12.1. The van der Waals surface area contributed by atoms with Gasteiger partial charge in [0.2, 0.25) is 0 Å². The molecule has 1 aromatic carbocycles. The second-order valence-corrected chi connectivity index (χ2v) is 4.97. The number of nitro benzene ring substituents is 1. The summed E-state index contributed by atoms with van der Waals surface area (Å²) in [5, 5.41) is 10.6. The summed E-state index contributed by atoms with van der Waals surface area (Å²) in [7, 11) is 0. The number of nitro groups is 1. The van der Waals surface area contributed by atoms with Gasteiger partial charge in [-0.1, -0.05) is 26.0 Å². The van der Waals surface area contributed by atoms with E-state index in [-0.39, 0.29) is 11.1 Å². The lowest BCUT2D eigenvalue weighted by Crippen LogP contribution is -2.07. The Kier molecular flexibility index (Phi) is 4.74. The topological polar surface area (TPSA) is 43.1 Å². The predicted molar refractivity (Wildman–Crippen MR) is 65.9 cm³/mol. The van der Waals surface area contributed by atoms with E-state index in [0.29, 0.717) is 5.92 Å². The van der Waals surface area contributed by atoms with Crippen LogP contribution >= 0.6 is 11.6 Å². The Morgan fingerprint density at radius 1 is 1.31 bits per heavy atom. The van der Waals surface area contributed by atoms with E-state index in [9.17, 15) is 10.1 Å². The fraction of sp³-hybridized carbons (Fsp3) is 0.500. The highest BCUT2D eigenvalue weighted by Gasteiger charge is 2.10. The van der Waals surface area contributed by atoms with Crippen LogP contribution < -0.4 is 0 Å².